The average Bonchev–Trinajstić information content (AvgIpc) is 2.40. The van der Waals surface area contributed by atoms with Crippen LogP contribution in [-0.4, -0.2) is 39.0 Å². The fourth-order valence-corrected chi connectivity index (χ4v) is 1.54. The Morgan fingerprint density at radius 2 is 1.75 bits per heavy atom. The van der Waals surface area contributed by atoms with Gasteiger partial charge in [0.1, 0.15) is 0 Å². The third-order valence-electron chi connectivity index (χ3n) is 2.18. The van der Waals surface area contributed by atoms with Gasteiger partial charge < -0.3 is 16.0 Å². The van der Waals surface area contributed by atoms with Crippen molar-refractivity contribution in [1.29, 1.82) is 0 Å². The molecule has 1 aliphatic rings. The van der Waals surface area contributed by atoms with E-state index in [-0.39, 0.29) is 17.9 Å². The SMILES string of the molecule is CNC1=CC(=O)C(NC)C1NC. The summed E-state index contributed by atoms with van der Waals surface area (Å²) >= 11 is 0. The van der Waals surface area contributed by atoms with E-state index < -0.39 is 0 Å². The Kier molecular flexibility index (Phi) is 2.83. The van der Waals surface area contributed by atoms with Crippen LogP contribution in [0.3, 0.4) is 0 Å². The lowest BCUT2D eigenvalue weighted by Crippen LogP contribution is -2.48. The van der Waals surface area contributed by atoms with Gasteiger partial charge in [-0.25, -0.2) is 0 Å². The third kappa shape index (κ3) is 1.35. The Balaban J connectivity index is 2.79. The predicted molar refractivity (Wildman–Crippen MR) is 47.8 cm³/mol. The maximum atomic E-state index is 11.3. The summed E-state index contributed by atoms with van der Waals surface area (Å²) in [5, 5.41) is 9.05. The first-order valence-corrected chi connectivity index (χ1v) is 4.02. The van der Waals surface area contributed by atoms with E-state index in [9.17, 15) is 4.79 Å². The second-order valence-electron chi connectivity index (χ2n) is 2.78. The smallest absolute Gasteiger partial charge is 0.176 e. The molecule has 0 radical (unpaired) electrons. The van der Waals surface area contributed by atoms with E-state index in [0.717, 1.165) is 5.70 Å². The van der Waals surface area contributed by atoms with Crippen molar-refractivity contribution in [2.24, 2.45) is 0 Å². The minimum absolute atomic E-state index is 0.0764. The van der Waals surface area contributed by atoms with Crippen molar-refractivity contribution in [3.63, 3.8) is 0 Å². The Bertz CT molecular complexity index is 212. The fraction of sp³-hybridized carbons (Fsp3) is 0.625. The van der Waals surface area contributed by atoms with Crippen LogP contribution in [-0.2, 0) is 4.79 Å². The summed E-state index contributed by atoms with van der Waals surface area (Å²) in [4.78, 5) is 11.3. The van der Waals surface area contributed by atoms with Crippen molar-refractivity contribution in [2.75, 3.05) is 21.1 Å². The van der Waals surface area contributed by atoms with E-state index in [1.165, 1.54) is 0 Å². The van der Waals surface area contributed by atoms with Crippen LogP contribution in [0.2, 0.25) is 0 Å². The molecule has 4 heteroatoms. The number of carbonyl (C=O) groups excluding carboxylic acids is 1. The highest BCUT2D eigenvalue weighted by molar-refractivity contribution is 5.99. The molecule has 0 aromatic carbocycles. The van der Waals surface area contributed by atoms with E-state index in [4.69, 9.17) is 0 Å². The number of nitrogens with one attached hydrogen (secondary N) is 3. The zero-order valence-corrected chi connectivity index (χ0v) is 7.64. The van der Waals surface area contributed by atoms with Crippen LogP contribution in [0.4, 0.5) is 0 Å². The molecule has 4 nitrogen and oxygen atoms in total. The standard InChI is InChI=1S/C8H15N3O/c1-9-5-4-6(12)8(11-3)7(5)10-2/h4,7-11H,1-3H3. The van der Waals surface area contributed by atoms with Crippen LogP contribution in [0.5, 0.6) is 0 Å². The van der Waals surface area contributed by atoms with Gasteiger partial charge in [0.2, 0.25) is 0 Å². The molecule has 2 unspecified atom stereocenters. The Morgan fingerprint density at radius 1 is 1.17 bits per heavy atom. The van der Waals surface area contributed by atoms with Gasteiger partial charge in [0.05, 0.1) is 12.1 Å². The van der Waals surface area contributed by atoms with Crippen LogP contribution in [0, 0.1) is 0 Å². The molecule has 0 bridgehead atoms. The number of hydrogen-bond donors (Lipinski definition) is 3. The number of ketones is 1. The van der Waals surface area contributed by atoms with E-state index in [1.807, 2.05) is 14.1 Å². The highest BCUT2D eigenvalue weighted by atomic mass is 16.1. The van der Waals surface area contributed by atoms with Gasteiger partial charge >= 0.3 is 0 Å². The summed E-state index contributed by atoms with van der Waals surface area (Å²) < 4.78 is 0. The number of likely N-dealkylation sites (N-methyl/N-ethyl adjacent to an activating group) is 3. The predicted octanol–water partition coefficient (Wildman–Crippen LogP) is -1.15. The van der Waals surface area contributed by atoms with Gasteiger partial charge in [-0.05, 0) is 14.1 Å². The molecule has 0 fully saturated rings. The molecule has 0 amide bonds. The molecule has 0 aliphatic heterocycles. The summed E-state index contributed by atoms with van der Waals surface area (Å²) in [7, 11) is 5.46. The van der Waals surface area contributed by atoms with Gasteiger partial charge in [-0.15, -0.1) is 0 Å². The first kappa shape index (κ1) is 9.22. The maximum absolute atomic E-state index is 11.3. The second kappa shape index (κ2) is 3.69. The van der Waals surface area contributed by atoms with E-state index in [1.54, 1.807) is 13.1 Å². The molecule has 0 saturated carbocycles. The Hall–Kier alpha value is -0.870. The molecule has 12 heavy (non-hydrogen) atoms. The van der Waals surface area contributed by atoms with Crippen molar-refractivity contribution in [3.8, 4) is 0 Å². The third-order valence-corrected chi connectivity index (χ3v) is 2.18. The number of carbonyl (C=O) groups is 1. The molecule has 2 atom stereocenters. The summed E-state index contributed by atoms with van der Waals surface area (Å²) in [6.45, 7) is 0. The largest absolute Gasteiger partial charge is 0.390 e. The summed E-state index contributed by atoms with van der Waals surface area (Å²) in [5.74, 6) is 0.126. The molecule has 1 rings (SSSR count). The first-order chi connectivity index (χ1) is 5.74. The van der Waals surface area contributed by atoms with Gasteiger partial charge in [-0.3, -0.25) is 4.79 Å². The lowest BCUT2D eigenvalue weighted by Gasteiger charge is -2.20. The van der Waals surface area contributed by atoms with E-state index in [0.29, 0.717) is 0 Å². The van der Waals surface area contributed by atoms with Crippen molar-refractivity contribution in [2.45, 2.75) is 12.1 Å². The zero-order chi connectivity index (χ0) is 9.14. The molecule has 0 aromatic rings. The molecule has 0 spiro atoms. The van der Waals surface area contributed by atoms with E-state index >= 15 is 0 Å². The molecule has 3 N–H and O–H groups in total. The van der Waals surface area contributed by atoms with Crippen molar-refractivity contribution < 1.29 is 4.79 Å². The monoisotopic (exact) mass is 169 g/mol. The topological polar surface area (TPSA) is 53.2 Å². The first-order valence-electron chi connectivity index (χ1n) is 4.02. The van der Waals surface area contributed by atoms with Gasteiger partial charge in [0.15, 0.2) is 5.78 Å². The van der Waals surface area contributed by atoms with Crippen LogP contribution in [0.1, 0.15) is 0 Å². The fourth-order valence-electron chi connectivity index (χ4n) is 1.54. The van der Waals surface area contributed by atoms with Crippen LogP contribution < -0.4 is 16.0 Å². The number of rotatable bonds is 3. The van der Waals surface area contributed by atoms with Crippen LogP contribution in [0.25, 0.3) is 0 Å². The lowest BCUT2D eigenvalue weighted by atomic mass is 10.1. The summed E-state index contributed by atoms with van der Waals surface area (Å²) in [5.41, 5.74) is 0.946. The lowest BCUT2D eigenvalue weighted by molar-refractivity contribution is -0.116. The van der Waals surface area contributed by atoms with Gasteiger partial charge in [0.25, 0.3) is 0 Å². The van der Waals surface area contributed by atoms with Crippen LogP contribution in [0.15, 0.2) is 11.8 Å². The minimum Gasteiger partial charge on any atom is -0.390 e. The van der Waals surface area contributed by atoms with E-state index in [2.05, 4.69) is 16.0 Å². The molecular formula is C8H15N3O. The maximum Gasteiger partial charge on any atom is 0.176 e. The Labute approximate surface area is 72.4 Å². The van der Waals surface area contributed by atoms with Gasteiger partial charge in [0, 0.05) is 18.8 Å². The molecule has 68 valence electrons. The molecule has 0 saturated heterocycles. The molecular weight excluding hydrogens is 154 g/mol. The zero-order valence-electron chi connectivity index (χ0n) is 7.64. The van der Waals surface area contributed by atoms with Crippen molar-refractivity contribution in [3.05, 3.63) is 11.8 Å². The van der Waals surface area contributed by atoms with Gasteiger partial charge in [-0.2, -0.15) is 0 Å². The molecule has 0 aromatic heterocycles. The second-order valence-corrected chi connectivity index (χ2v) is 2.78. The highest BCUT2D eigenvalue weighted by Crippen LogP contribution is 2.13. The van der Waals surface area contributed by atoms with Crippen molar-refractivity contribution >= 4 is 5.78 Å². The highest BCUT2D eigenvalue weighted by Gasteiger charge is 2.33. The summed E-state index contributed by atoms with van der Waals surface area (Å²) in [6, 6.07) is -0.0510. The van der Waals surface area contributed by atoms with Crippen molar-refractivity contribution in [1.82, 2.24) is 16.0 Å². The average molecular weight is 169 g/mol. The van der Waals surface area contributed by atoms with Crippen LogP contribution >= 0.6 is 0 Å². The molecule has 1 aliphatic carbocycles. The normalized spacial score (nSPS) is 28.9. The quantitative estimate of drug-likeness (QED) is 0.499. The minimum atomic E-state index is -0.127. The number of hydrogen-bond acceptors (Lipinski definition) is 4. The summed E-state index contributed by atoms with van der Waals surface area (Å²) in [6.07, 6.45) is 1.64. The Morgan fingerprint density at radius 3 is 2.17 bits per heavy atom. The van der Waals surface area contributed by atoms with Gasteiger partial charge in [-0.1, -0.05) is 0 Å². The molecule has 0 heterocycles.